The summed E-state index contributed by atoms with van der Waals surface area (Å²) in [5, 5.41) is 17.2. The first-order valence-corrected chi connectivity index (χ1v) is 10.3. The maximum atomic E-state index is 10.7. The van der Waals surface area contributed by atoms with Crippen molar-refractivity contribution in [1.29, 1.82) is 0 Å². The number of morpholine rings is 1. The molecule has 27 heavy (non-hydrogen) atoms. The number of β-amino-alcohol motifs (C(OH)–C–C–N with tert-alkyl or cyclic N) is 1. The summed E-state index contributed by atoms with van der Waals surface area (Å²) in [4.78, 5) is 6.79. The first-order valence-electron chi connectivity index (χ1n) is 10.3. The van der Waals surface area contributed by atoms with Crippen LogP contribution in [-0.4, -0.2) is 100 Å². The third kappa shape index (κ3) is 9.71. The summed E-state index contributed by atoms with van der Waals surface area (Å²) < 4.78 is 16.4. The van der Waals surface area contributed by atoms with Crippen LogP contribution in [0.1, 0.15) is 26.7 Å². The molecule has 0 aromatic carbocycles. The molecule has 2 saturated heterocycles. The van der Waals surface area contributed by atoms with Gasteiger partial charge in [-0.25, -0.2) is 0 Å². The van der Waals surface area contributed by atoms with E-state index < -0.39 is 5.60 Å². The van der Waals surface area contributed by atoms with Crippen LogP contribution in [0.15, 0.2) is 4.99 Å². The van der Waals surface area contributed by atoms with Crippen molar-refractivity contribution in [3.05, 3.63) is 0 Å². The predicted molar refractivity (Wildman–Crippen MR) is 106 cm³/mol. The minimum Gasteiger partial charge on any atom is -0.387 e. The van der Waals surface area contributed by atoms with Crippen LogP contribution in [0.25, 0.3) is 0 Å². The van der Waals surface area contributed by atoms with Crippen molar-refractivity contribution in [2.75, 3.05) is 78.9 Å². The van der Waals surface area contributed by atoms with Gasteiger partial charge in [0.05, 0.1) is 38.6 Å². The molecule has 0 amide bonds. The molecule has 2 rings (SSSR count). The Labute approximate surface area is 163 Å². The second kappa shape index (κ2) is 12.5. The van der Waals surface area contributed by atoms with Gasteiger partial charge in [0.15, 0.2) is 5.96 Å². The molecule has 0 aromatic rings. The van der Waals surface area contributed by atoms with Gasteiger partial charge in [0.1, 0.15) is 0 Å². The van der Waals surface area contributed by atoms with E-state index in [1.807, 2.05) is 13.8 Å². The summed E-state index contributed by atoms with van der Waals surface area (Å²) >= 11 is 0. The topological polar surface area (TPSA) is 87.6 Å². The summed E-state index contributed by atoms with van der Waals surface area (Å²) in [5.41, 5.74) is -0.855. The Morgan fingerprint density at radius 2 is 2.07 bits per heavy atom. The number of ether oxygens (including phenoxy) is 3. The summed E-state index contributed by atoms with van der Waals surface area (Å²) in [7, 11) is 0. The highest BCUT2D eigenvalue weighted by molar-refractivity contribution is 5.79. The molecule has 8 heteroatoms. The summed E-state index contributed by atoms with van der Waals surface area (Å²) in [6.07, 6.45) is 2.03. The van der Waals surface area contributed by atoms with E-state index >= 15 is 0 Å². The molecule has 0 saturated carbocycles. The van der Waals surface area contributed by atoms with E-state index in [1.165, 1.54) is 0 Å². The van der Waals surface area contributed by atoms with Gasteiger partial charge in [0, 0.05) is 51.9 Å². The number of nitrogens with one attached hydrogen (secondary N) is 2. The molecule has 0 aliphatic carbocycles. The number of aliphatic imine (C=N–C) groups is 1. The maximum absolute atomic E-state index is 10.7. The minimum atomic E-state index is -0.855. The van der Waals surface area contributed by atoms with Gasteiger partial charge >= 0.3 is 0 Å². The van der Waals surface area contributed by atoms with Crippen LogP contribution < -0.4 is 10.6 Å². The molecule has 158 valence electrons. The Bertz CT molecular complexity index is 422. The first-order chi connectivity index (χ1) is 13.1. The number of hydrogen-bond donors (Lipinski definition) is 3. The summed E-state index contributed by atoms with van der Waals surface area (Å²) in [5.74, 6) is 1.30. The Morgan fingerprint density at radius 3 is 2.78 bits per heavy atom. The lowest BCUT2D eigenvalue weighted by Crippen LogP contribution is -2.48. The monoisotopic (exact) mass is 386 g/mol. The van der Waals surface area contributed by atoms with E-state index in [0.29, 0.717) is 19.0 Å². The van der Waals surface area contributed by atoms with E-state index in [0.717, 1.165) is 84.6 Å². The Hall–Kier alpha value is -0.930. The molecule has 2 aliphatic heterocycles. The highest BCUT2D eigenvalue weighted by atomic mass is 16.5. The fourth-order valence-electron chi connectivity index (χ4n) is 3.23. The number of guanidine groups is 1. The highest BCUT2D eigenvalue weighted by Gasteiger charge is 2.25. The molecular formula is C19H38N4O4. The molecule has 2 atom stereocenters. The fourth-order valence-corrected chi connectivity index (χ4v) is 3.23. The molecule has 3 N–H and O–H groups in total. The Balaban J connectivity index is 1.62. The van der Waals surface area contributed by atoms with Crippen molar-refractivity contribution in [2.24, 2.45) is 10.9 Å². The van der Waals surface area contributed by atoms with E-state index in [2.05, 4.69) is 20.5 Å². The van der Waals surface area contributed by atoms with Crippen molar-refractivity contribution in [1.82, 2.24) is 15.5 Å². The molecule has 2 fully saturated rings. The van der Waals surface area contributed by atoms with Crippen LogP contribution in [0.4, 0.5) is 0 Å². The first kappa shape index (κ1) is 22.4. The van der Waals surface area contributed by atoms with Crippen LogP contribution in [0, 0.1) is 5.92 Å². The zero-order valence-corrected chi connectivity index (χ0v) is 17.0. The molecule has 0 radical (unpaired) electrons. The van der Waals surface area contributed by atoms with E-state index in [-0.39, 0.29) is 0 Å². The zero-order chi connectivity index (χ0) is 19.4. The van der Waals surface area contributed by atoms with Crippen molar-refractivity contribution in [2.45, 2.75) is 32.3 Å². The number of hydrogen-bond acceptors (Lipinski definition) is 6. The van der Waals surface area contributed by atoms with E-state index in [1.54, 1.807) is 0 Å². The predicted octanol–water partition coefficient (Wildman–Crippen LogP) is 0.0679. The third-order valence-corrected chi connectivity index (χ3v) is 4.73. The number of nitrogens with zero attached hydrogens (tertiary/aromatic N) is 2. The van der Waals surface area contributed by atoms with Crippen LogP contribution in [-0.2, 0) is 14.2 Å². The second-order valence-corrected chi connectivity index (χ2v) is 7.67. The van der Waals surface area contributed by atoms with E-state index in [9.17, 15) is 5.11 Å². The molecule has 8 nitrogen and oxygen atoms in total. The minimum absolute atomic E-state index is 0.359. The quantitative estimate of drug-likeness (QED) is 0.263. The molecular weight excluding hydrogens is 348 g/mol. The summed E-state index contributed by atoms with van der Waals surface area (Å²) in [6.45, 7) is 12.9. The normalized spacial score (nSPS) is 24.0. The smallest absolute Gasteiger partial charge is 0.191 e. The molecule has 2 heterocycles. The van der Waals surface area contributed by atoms with Crippen molar-refractivity contribution < 1.29 is 19.3 Å². The number of rotatable bonds is 11. The van der Waals surface area contributed by atoms with Crippen LogP contribution >= 0.6 is 0 Å². The zero-order valence-electron chi connectivity index (χ0n) is 17.0. The van der Waals surface area contributed by atoms with Crippen LogP contribution in [0.2, 0.25) is 0 Å². The lowest BCUT2D eigenvalue weighted by Gasteiger charge is -2.33. The van der Waals surface area contributed by atoms with Crippen molar-refractivity contribution in [3.8, 4) is 0 Å². The molecule has 0 spiro atoms. The van der Waals surface area contributed by atoms with Gasteiger partial charge < -0.3 is 30.0 Å². The van der Waals surface area contributed by atoms with Crippen molar-refractivity contribution >= 4 is 5.96 Å². The average molecular weight is 387 g/mol. The Morgan fingerprint density at radius 1 is 1.26 bits per heavy atom. The average Bonchev–Trinajstić information content (AvgIpc) is 3.16. The SMILES string of the molecule is CCNC(=NCC(C)(O)CN1CCOCC1)NCCCOCC1CCOC1. The summed E-state index contributed by atoms with van der Waals surface area (Å²) in [6, 6.07) is 0. The van der Waals surface area contributed by atoms with Gasteiger partial charge in [0.25, 0.3) is 0 Å². The van der Waals surface area contributed by atoms with Gasteiger partial charge in [-0.3, -0.25) is 9.89 Å². The van der Waals surface area contributed by atoms with Crippen LogP contribution in [0.3, 0.4) is 0 Å². The van der Waals surface area contributed by atoms with Gasteiger partial charge in [0.2, 0.25) is 0 Å². The van der Waals surface area contributed by atoms with Gasteiger partial charge in [-0.2, -0.15) is 0 Å². The largest absolute Gasteiger partial charge is 0.387 e. The fraction of sp³-hybridized carbons (Fsp3) is 0.947. The standard InChI is InChI=1S/C19H38N4O4/c1-3-20-18(21-6-4-9-26-13-17-5-10-27-14-17)22-15-19(2,24)16-23-7-11-25-12-8-23/h17,24H,3-16H2,1-2H3,(H2,20,21,22). The Kier molecular flexibility index (Phi) is 10.4. The molecule has 2 unspecified atom stereocenters. The van der Waals surface area contributed by atoms with Gasteiger partial charge in [-0.05, 0) is 26.7 Å². The molecule has 2 aliphatic rings. The van der Waals surface area contributed by atoms with Crippen LogP contribution in [0.5, 0.6) is 0 Å². The van der Waals surface area contributed by atoms with E-state index in [4.69, 9.17) is 14.2 Å². The lowest BCUT2D eigenvalue weighted by molar-refractivity contribution is -0.0180. The third-order valence-electron chi connectivity index (χ3n) is 4.73. The second-order valence-electron chi connectivity index (χ2n) is 7.67. The van der Waals surface area contributed by atoms with Gasteiger partial charge in [-0.1, -0.05) is 0 Å². The lowest BCUT2D eigenvalue weighted by atomic mass is 10.1. The maximum Gasteiger partial charge on any atom is 0.191 e. The molecule has 0 aromatic heterocycles. The highest BCUT2D eigenvalue weighted by Crippen LogP contribution is 2.12. The van der Waals surface area contributed by atoms with Gasteiger partial charge in [-0.15, -0.1) is 0 Å². The number of aliphatic hydroxyl groups is 1. The van der Waals surface area contributed by atoms with Crippen molar-refractivity contribution in [3.63, 3.8) is 0 Å². The molecule has 0 bridgehead atoms.